The Hall–Kier alpha value is -4.08. The molecule has 0 saturated carbocycles. The molecule has 0 fully saturated rings. The van der Waals surface area contributed by atoms with Crippen LogP contribution in [0.1, 0.15) is 65.6 Å². The maximum absolute atomic E-state index is 13.8. The Morgan fingerprint density at radius 2 is 1.52 bits per heavy atom. The number of nitrogens with zero attached hydrogens (tertiary/aromatic N) is 1. The first-order valence-electron chi connectivity index (χ1n) is 13.2. The van der Waals surface area contributed by atoms with Crippen molar-refractivity contribution in [3.05, 3.63) is 65.7 Å². The van der Waals surface area contributed by atoms with Crippen LogP contribution in [0, 0.1) is 0 Å². The number of likely N-dealkylation sites (N-methyl/N-ethyl adjacent to an activating group) is 1. The van der Waals surface area contributed by atoms with Crippen LogP contribution >= 0.6 is 0 Å². The van der Waals surface area contributed by atoms with Crippen molar-refractivity contribution in [2.24, 2.45) is 0 Å². The molecule has 10 nitrogen and oxygen atoms in total. The monoisotopic (exact) mass is 555 g/mol. The summed E-state index contributed by atoms with van der Waals surface area (Å²) < 4.78 is 10.8. The molecule has 218 valence electrons. The Morgan fingerprint density at radius 3 is 2.08 bits per heavy atom. The first-order valence-corrected chi connectivity index (χ1v) is 13.2. The molecule has 0 saturated heterocycles. The van der Waals surface area contributed by atoms with Gasteiger partial charge in [0, 0.05) is 13.0 Å². The average molecular weight is 556 g/mol. The summed E-state index contributed by atoms with van der Waals surface area (Å²) in [6, 6.07) is 12.9. The summed E-state index contributed by atoms with van der Waals surface area (Å²) in [6.07, 6.45) is -0.614. The zero-order valence-corrected chi connectivity index (χ0v) is 24.3. The lowest BCUT2D eigenvalue weighted by Crippen LogP contribution is -2.52. The first-order chi connectivity index (χ1) is 18.6. The third-order valence-electron chi connectivity index (χ3n) is 5.48. The quantitative estimate of drug-likeness (QED) is 0.379. The molecule has 0 aliphatic rings. The minimum absolute atomic E-state index is 0.0956. The number of carbonyl (C=O) groups excluding carboxylic acids is 4. The molecule has 0 bridgehead atoms. The van der Waals surface area contributed by atoms with E-state index in [9.17, 15) is 24.3 Å². The number of ether oxygens (including phenoxy) is 2. The van der Waals surface area contributed by atoms with E-state index >= 15 is 0 Å². The fourth-order valence-electron chi connectivity index (χ4n) is 3.90. The molecule has 0 aliphatic heterocycles. The Morgan fingerprint density at radius 1 is 0.900 bits per heavy atom. The van der Waals surface area contributed by atoms with Crippen LogP contribution in [0.3, 0.4) is 0 Å². The molecule has 10 heteroatoms. The summed E-state index contributed by atoms with van der Waals surface area (Å²) in [5.74, 6) is -1.93. The summed E-state index contributed by atoms with van der Waals surface area (Å²) in [7, 11) is 0. The van der Waals surface area contributed by atoms with E-state index in [0.29, 0.717) is 5.56 Å². The molecule has 3 amide bonds. The topological polar surface area (TPSA) is 134 Å². The maximum Gasteiger partial charge on any atom is 0.408 e. The second-order valence-electron chi connectivity index (χ2n) is 11.3. The fraction of sp³-hybridized carbons (Fsp3) is 0.467. The van der Waals surface area contributed by atoms with E-state index < -0.39 is 53.7 Å². The zero-order chi connectivity index (χ0) is 30.1. The van der Waals surface area contributed by atoms with E-state index in [1.165, 1.54) is 17.0 Å². The molecule has 0 radical (unpaired) electrons. The normalized spacial score (nSPS) is 13.0. The number of phenolic OH excluding ortho intramolecular Hbond substituents is 1. The number of phenols is 1. The van der Waals surface area contributed by atoms with Crippen molar-refractivity contribution in [1.82, 2.24) is 15.5 Å². The minimum atomic E-state index is -1.22. The molecule has 2 atom stereocenters. The van der Waals surface area contributed by atoms with Gasteiger partial charge >= 0.3 is 12.1 Å². The van der Waals surface area contributed by atoms with Gasteiger partial charge in [-0.25, -0.2) is 9.59 Å². The van der Waals surface area contributed by atoms with Crippen LogP contribution < -0.4 is 10.6 Å². The third-order valence-corrected chi connectivity index (χ3v) is 5.48. The SMILES string of the molecule is CCN(C(=O)CNC(=O)OC(C)(C)C)C(C(=O)NC(Cc1ccccc1)C(=O)OC(C)(C)C)c1cccc(O)c1. The smallest absolute Gasteiger partial charge is 0.408 e. The Balaban J connectivity index is 2.38. The van der Waals surface area contributed by atoms with Gasteiger partial charge in [-0.2, -0.15) is 0 Å². The van der Waals surface area contributed by atoms with Crippen LogP contribution in [-0.2, 0) is 30.3 Å². The van der Waals surface area contributed by atoms with Crippen molar-refractivity contribution in [3.8, 4) is 5.75 Å². The van der Waals surface area contributed by atoms with Gasteiger partial charge in [0.05, 0.1) is 0 Å². The molecule has 2 aromatic rings. The molecule has 0 aromatic heterocycles. The summed E-state index contributed by atoms with van der Waals surface area (Å²) in [5, 5.41) is 15.3. The molecule has 40 heavy (non-hydrogen) atoms. The number of aromatic hydroxyl groups is 1. The molecule has 0 heterocycles. The second-order valence-corrected chi connectivity index (χ2v) is 11.3. The fourth-order valence-corrected chi connectivity index (χ4v) is 3.90. The van der Waals surface area contributed by atoms with Crippen LogP contribution in [0.5, 0.6) is 5.75 Å². The summed E-state index contributed by atoms with van der Waals surface area (Å²) >= 11 is 0. The second kappa shape index (κ2) is 13.8. The van der Waals surface area contributed by atoms with E-state index in [-0.39, 0.29) is 18.7 Å². The number of hydrogen-bond donors (Lipinski definition) is 3. The highest BCUT2D eigenvalue weighted by Crippen LogP contribution is 2.25. The predicted octanol–water partition coefficient (Wildman–Crippen LogP) is 3.88. The third kappa shape index (κ3) is 10.6. The van der Waals surface area contributed by atoms with Crippen molar-refractivity contribution in [3.63, 3.8) is 0 Å². The largest absolute Gasteiger partial charge is 0.508 e. The Labute approximate surface area is 236 Å². The number of alkyl carbamates (subject to hydrolysis) is 1. The number of amides is 3. The number of esters is 1. The molecular weight excluding hydrogens is 514 g/mol. The van der Waals surface area contributed by atoms with Crippen LogP contribution in [-0.4, -0.2) is 64.2 Å². The van der Waals surface area contributed by atoms with E-state index in [4.69, 9.17) is 9.47 Å². The van der Waals surface area contributed by atoms with Crippen LogP contribution in [0.25, 0.3) is 0 Å². The van der Waals surface area contributed by atoms with E-state index in [2.05, 4.69) is 10.6 Å². The van der Waals surface area contributed by atoms with Crippen molar-refractivity contribution < 1.29 is 33.8 Å². The molecule has 0 spiro atoms. The lowest BCUT2D eigenvalue weighted by atomic mass is 10.0. The van der Waals surface area contributed by atoms with Gasteiger partial charge in [-0.3, -0.25) is 9.59 Å². The minimum Gasteiger partial charge on any atom is -0.508 e. The summed E-state index contributed by atoms with van der Waals surface area (Å²) in [6.45, 7) is 11.7. The highest BCUT2D eigenvalue weighted by atomic mass is 16.6. The van der Waals surface area contributed by atoms with Gasteiger partial charge in [0.25, 0.3) is 0 Å². The van der Waals surface area contributed by atoms with Gasteiger partial charge in [0.1, 0.15) is 35.6 Å². The zero-order valence-electron chi connectivity index (χ0n) is 24.3. The maximum atomic E-state index is 13.8. The molecule has 2 unspecified atom stereocenters. The highest BCUT2D eigenvalue weighted by Gasteiger charge is 2.35. The predicted molar refractivity (Wildman–Crippen MR) is 150 cm³/mol. The number of nitrogens with one attached hydrogen (secondary N) is 2. The molecule has 2 aromatic carbocycles. The van der Waals surface area contributed by atoms with Gasteiger partial charge < -0.3 is 30.1 Å². The number of benzene rings is 2. The lowest BCUT2D eigenvalue weighted by Gasteiger charge is -2.32. The van der Waals surface area contributed by atoms with Gasteiger partial charge in [0.2, 0.25) is 11.8 Å². The molecule has 2 rings (SSSR count). The van der Waals surface area contributed by atoms with Crippen LogP contribution in [0.2, 0.25) is 0 Å². The van der Waals surface area contributed by atoms with Crippen molar-refractivity contribution in [2.45, 2.75) is 78.2 Å². The average Bonchev–Trinajstić information content (AvgIpc) is 2.83. The van der Waals surface area contributed by atoms with Crippen molar-refractivity contribution in [1.29, 1.82) is 0 Å². The molecular formula is C30H41N3O7. The molecule has 3 N–H and O–H groups in total. The van der Waals surface area contributed by atoms with E-state index in [1.54, 1.807) is 60.6 Å². The highest BCUT2D eigenvalue weighted by molar-refractivity contribution is 5.93. The lowest BCUT2D eigenvalue weighted by molar-refractivity contribution is -0.159. The first kappa shape index (κ1) is 32.1. The van der Waals surface area contributed by atoms with Crippen molar-refractivity contribution in [2.75, 3.05) is 13.1 Å². The van der Waals surface area contributed by atoms with E-state index in [1.807, 2.05) is 30.3 Å². The van der Waals surface area contributed by atoms with E-state index in [0.717, 1.165) is 5.56 Å². The summed E-state index contributed by atoms with van der Waals surface area (Å²) in [5.41, 5.74) is -0.415. The van der Waals surface area contributed by atoms with Crippen molar-refractivity contribution >= 4 is 23.9 Å². The van der Waals surface area contributed by atoms with Crippen LogP contribution in [0.15, 0.2) is 54.6 Å². The summed E-state index contributed by atoms with van der Waals surface area (Å²) in [4.78, 5) is 53.7. The van der Waals surface area contributed by atoms with Gasteiger partial charge in [-0.1, -0.05) is 42.5 Å². The standard InChI is InChI=1S/C30H41N3O7/c1-8-33(24(35)19-31-28(38)40-30(5,6)7)25(21-15-12-16-22(34)18-21)26(36)32-23(27(37)39-29(2,3)4)17-20-13-10-9-11-14-20/h9-16,18,23,25,34H,8,17,19H2,1-7H3,(H,31,38)(H,32,36). The Bertz CT molecular complexity index is 1170. The van der Waals surface area contributed by atoms with Gasteiger partial charge in [-0.05, 0) is 71.7 Å². The van der Waals surface area contributed by atoms with Crippen LogP contribution in [0.4, 0.5) is 4.79 Å². The number of rotatable bonds is 10. The van der Waals surface area contributed by atoms with Gasteiger partial charge in [-0.15, -0.1) is 0 Å². The molecule has 0 aliphatic carbocycles. The van der Waals surface area contributed by atoms with Gasteiger partial charge in [0.15, 0.2) is 0 Å². The number of carbonyl (C=O) groups is 4. The number of hydrogen-bond acceptors (Lipinski definition) is 7. The Kier molecular flexibility index (Phi) is 11.1.